The molecule has 1 aliphatic rings. The Balaban J connectivity index is 1.01. The molecule has 1 N–H and O–H groups in total. The summed E-state index contributed by atoms with van der Waals surface area (Å²) in [5, 5.41) is 10.9. The second-order valence-electron chi connectivity index (χ2n) is 16.2. The first-order valence-corrected chi connectivity index (χ1v) is 22.2. The number of aromatic nitrogens is 2. The molecule has 0 saturated heterocycles. The van der Waals surface area contributed by atoms with Gasteiger partial charge in [-0.05, 0) is 83.9 Å². The van der Waals surface area contributed by atoms with Crippen LogP contribution in [0.3, 0.4) is 0 Å². The van der Waals surface area contributed by atoms with Crippen LogP contribution in [0.1, 0.15) is 22.9 Å². The van der Waals surface area contributed by atoms with E-state index < -0.39 is 6.17 Å². The van der Waals surface area contributed by atoms with Gasteiger partial charge in [0.05, 0.1) is 22.1 Å². The van der Waals surface area contributed by atoms with Crippen molar-refractivity contribution in [3.05, 3.63) is 229 Å². The lowest BCUT2D eigenvalue weighted by molar-refractivity contribution is 0.763. The van der Waals surface area contributed by atoms with Crippen molar-refractivity contribution in [1.82, 2.24) is 14.5 Å². The van der Waals surface area contributed by atoms with Gasteiger partial charge in [0.1, 0.15) is 11.7 Å². The summed E-state index contributed by atoms with van der Waals surface area (Å²) in [4.78, 5) is 10.6. The Labute approximate surface area is 367 Å². The van der Waals surface area contributed by atoms with Gasteiger partial charge in [-0.2, -0.15) is 0 Å². The fourth-order valence-corrected chi connectivity index (χ4v) is 10.8. The van der Waals surface area contributed by atoms with E-state index in [4.69, 9.17) is 9.98 Å². The highest BCUT2D eigenvalue weighted by molar-refractivity contribution is 7.25. The van der Waals surface area contributed by atoms with E-state index in [1.807, 2.05) is 23.5 Å². The summed E-state index contributed by atoms with van der Waals surface area (Å²) in [5.74, 6) is 1.63. The molecule has 0 amide bonds. The van der Waals surface area contributed by atoms with E-state index in [0.717, 1.165) is 39.7 Å². The van der Waals surface area contributed by atoms with Crippen molar-refractivity contribution in [2.45, 2.75) is 6.17 Å². The Hall–Kier alpha value is -8.06. The monoisotopic (exact) mass is 823 g/mol. The van der Waals surface area contributed by atoms with Crippen molar-refractivity contribution in [2.75, 3.05) is 0 Å². The molecule has 13 rings (SSSR count). The van der Waals surface area contributed by atoms with Crippen molar-refractivity contribution >= 4 is 86.8 Å². The van der Waals surface area contributed by atoms with Crippen LogP contribution < -0.4 is 5.32 Å². The van der Waals surface area contributed by atoms with Crippen LogP contribution in [0.4, 0.5) is 0 Å². The molecule has 63 heavy (non-hydrogen) atoms. The normalized spacial score (nSPS) is 13.3. The molecule has 1 aliphatic heterocycles. The van der Waals surface area contributed by atoms with E-state index in [0.29, 0.717) is 0 Å². The molecular weight excluding hydrogens is 787 g/mol. The molecule has 12 aromatic rings. The van der Waals surface area contributed by atoms with Crippen molar-refractivity contribution in [3.63, 3.8) is 0 Å². The zero-order valence-electron chi connectivity index (χ0n) is 34.0. The van der Waals surface area contributed by atoms with Crippen LogP contribution in [-0.2, 0) is 0 Å². The lowest BCUT2D eigenvalue weighted by atomic mass is 9.98. The van der Waals surface area contributed by atoms with Gasteiger partial charge in [0.25, 0.3) is 0 Å². The second-order valence-corrected chi connectivity index (χ2v) is 17.3. The third kappa shape index (κ3) is 5.76. The predicted octanol–water partition coefficient (Wildman–Crippen LogP) is 14.4. The number of fused-ring (bicyclic) bond motifs is 9. The van der Waals surface area contributed by atoms with Crippen molar-refractivity contribution in [3.8, 4) is 22.5 Å². The summed E-state index contributed by atoms with van der Waals surface area (Å²) in [7, 11) is 0. The Morgan fingerprint density at radius 2 is 0.873 bits per heavy atom. The highest BCUT2D eigenvalue weighted by Gasteiger charge is 2.24. The summed E-state index contributed by atoms with van der Waals surface area (Å²) in [6, 6.07) is 76.3. The van der Waals surface area contributed by atoms with Crippen molar-refractivity contribution < 1.29 is 0 Å². The predicted molar refractivity (Wildman–Crippen MR) is 265 cm³/mol. The number of para-hydroxylation sites is 3. The third-order valence-electron chi connectivity index (χ3n) is 12.6. The molecule has 0 fully saturated rings. The summed E-state index contributed by atoms with van der Waals surface area (Å²) in [5.41, 5.74) is 12.6. The van der Waals surface area contributed by atoms with Gasteiger partial charge in [0.2, 0.25) is 0 Å². The Kier molecular flexibility index (Phi) is 8.08. The molecular formula is C57H37N5S. The lowest BCUT2D eigenvalue weighted by Crippen LogP contribution is -2.36. The van der Waals surface area contributed by atoms with Crippen molar-refractivity contribution in [2.24, 2.45) is 9.98 Å². The van der Waals surface area contributed by atoms with E-state index in [1.165, 1.54) is 74.9 Å². The number of amidine groups is 2. The molecule has 0 unspecified atom stereocenters. The van der Waals surface area contributed by atoms with Gasteiger partial charge in [0, 0.05) is 69.8 Å². The molecule has 0 bridgehead atoms. The summed E-state index contributed by atoms with van der Waals surface area (Å²) >= 11 is 1.83. The van der Waals surface area contributed by atoms with Gasteiger partial charge in [-0.1, -0.05) is 140 Å². The van der Waals surface area contributed by atoms with Crippen LogP contribution >= 0.6 is 11.3 Å². The number of thiophene rings is 1. The maximum Gasteiger partial charge on any atom is 0.170 e. The van der Waals surface area contributed by atoms with Crippen LogP contribution in [0.25, 0.3) is 86.3 Å². The summed E-state index contributed by atoms with van der Waals surface area (Å²) in [6.07, 6.45) is -0.425. The Morgan fingerprint density at radius 1 is 0.365 bits per heavy atom. The maximum atomic E-state index is 5.29. The number of benzene rings is 9. The first kappa shape index (κ1) is 35.7. The zero-order valence-corrected chi connectivity index (χ0v) is 34.8. The van der Waals surface area contributed by atoms with Gasteiger partial charge in [-0.3, -0.25) is 0 Å². The minimum atomic E-state index is -0.425. The van der Waals surface area contributed by atoms with Crippen LogP contribution in [-0.4, -0.2) is 20.8 Å². The van der Waals surface area contributed by atoms with Crippen LogP contribution in [0.5, 0.6) is 0 Å². The molecule has 9 aromatic carbocycles. The SMILES string of the molecule is c1ccc(C2=NC(c3cccc4sc5ccc(-c6ccc7c(c6)c6cc8c(cc6n7-c6ccccc6)c6ccccc6n8-c6ccccc6)cc5c34)N=C(c3ccccc3)N2)cc1. The number of nitrogens with zero attached hydrogens (tertiary/aromatic N) is 4. The maximum absolute atomic E-state index is 5.29. The fraction of sp³-hybridized carbons (Fsp3) is 0.0175. The zero-order chi connectivity index (χ0) is 41.4. The molecule has 4 heterocycles. The number of aliphatic imine (C=N–C) groups is 2. The number of rotatable bonds is 6. The van der Waals surface area contributed by atoms with Gasteiger partial charge in [-0.25, -0.2) is 9.98 Å². The molecule has 0 radical (unpaired) electrons. The van der Waals surface area contributed by atoms with E-state index in [-0.39, 0.29) is 0 Å². The molecule has 0 saturated carbocycles. The average Bonchev–Trinajstić information content (AvgIpc) is 4.01. The van der Waals surface area contributed by atoms with Crippen LogP contribution in [0.2, 0.25) is 0 Å². The highest BCUT2D eigenvalue weighted by atomic mass is 32.1. The topological polar surface area (TPSA) is 46.6 Å². The van der Waals surface area contributed by atoms with Gasteiger partial charge < -0.3 is 14.5 Å². The third-order valence-corrected chi connectivity index (χ3v) is 13.7. The van der Waals surface area contributed by atoms with E-state index in [1.54, 1.807) is 0 Å². The minimum absolute atomic E-state index is 0.425. The summed E-state index contributed by atoms with van der Waals surface area (Å²) in [6.45, 7) is 0. The second kappa shape index (κ2) is 14.3. The first-order valence-electron chi connectivity index (χ1n) is 21.3. The van der Waals surface area contributed by atoms with E-state index in [9.17, 15) is 0 Å². The Bertz CT molecular complexity index is 3750. The molecule has 6 heteroatoms. The van der Waals surface area contributed by atoms with Gasteiger partial charge in [0.15, 0.2) is 6.17 Å². The minimum Gasteiger partial charge on any atom is -0.324 e. The first-order chi connectivity index (χ1) is 31.2. The average molecular weight is 824 g/mol. The molecule has 5 nitrogen and oxygen atoms in total. The summed E-state index contributed by atoms with van der Waals surface area (Å²) < 4.78 is 7.31. The van der Waals surface area contributed by atoms with Gasteiger partial charge in [-0.15, -0.1) is 11.3 Å². The van der Waals surface area contributed by atoms with Crippen LogP contribution in [0, 0.1) is 0 Å². The number of hydrogen-bond acceptors (Lipinski definition) is 4. The quantitative estimate of drug-likeness (QED) is 0.178. The smallest absolute Gasteiger partial charge is 0.170 e. The van der Waals surface area contributed by atoms with Crippen molar-refractivity contribution in [1.29, 1.82) is 0 Å². The molecule has 0 atom stereocenters. The van der Waals surface area contributed by atoms with E-state index >= 15 is 0 Å². The number of hydrogen-bond donors (Lipinski definition) is 1. The molecule has 0 spiro atoms. The van der Waals surface area contributed by atoms with Crippen LogP contribution in [0.15, 0.2) is 222 Å². The lowest BCUT2D eigenvalue weighted by Gasteiger charge is -2.23. The molecule has 0 aliphatic carbocycles. The van der Waals surface area contributed by atoms with E-state index in [2.05, 4.69) is 215 Å². The largest absolute Gasteiger partial charge is 0.324 e. The molecule has 3 aromatic heterocycles. The highest BCUT2D eigenvalue weighted by Crippen LogP contribution is 2.44. The standard InChI is InChI=1S/C57H37N5S/c1-5-16-36(17-6-1)55-58-56(37-18-7-2-8-19-37)60-57(59-55)43-25-15-27-53-54(43)47-33-39(29-31-52(47)63-53)38-28-30-49-44(32-38)46-35-50-45(34-51(46)62(49)41-22-11-4-12-23-41)42-24-13-14-26-48(42)61(50)40-20-9-3-10-21-40/h1-35,57H,(H,58,59,60). The molecule has 296 valence electrons. The van der Waals surface area contributed by atoms with Gasteiger partial charge >= 0.3 is 0 Å². The Morgan fingerprint density at radius 3 is 1.51 bits per heavy atom. The number of nitrogens with one attached hydrogen (secondary N) is 1. The fourth-order valence-electron chi connectivity index (χ4n) is 9.69.